The smallest absolute Gasteiger partial charge is 0.275 e. The highest BCUT2D eigenvalue weighted by Crippen LogP contribution is 2.24. The second-order valence-corrected chi connectivity index (χ2v) is 5.22. The van der Waals surface area contributed by atoms with E-state index in [1.807, 2.05) is 6.07 Å². The molecule has 0 aliphatic heterocycles. The number of nitrogens with zero attached hydrogens (tertiary/aromatic N) is 4. The Bertz CT molecular complexity index is 522. The van der Waals surface area contributed by atoms with Gasteiger partial charge in [-0.05, 0) is 22.6 Å². The number of nitrogen functional groups attached to an aromatic ring is 1. The number of thioether (sulfide) groups is 1. The summed E-state index contributed by atoms with van der Waals surface area (Å²) in [6.45, 7) is 0. The lowest BCUT2D eigenvalue weighted by Gasteiger charge is -1.96. The topological polar surface area (TPSA) is 98.7 Å². The molecule has 0 aliphatic rings. The van der Waals surface area contributed by atoms with Gasteiger partial charge in [-0.3, -0.25) is 10.2 Å². The number of aromatic nitrogens is 4. The van der Waals surface area contributed by atoms with Crippen LogP contribution in [0.5, 0.6) is 0 Å². The Balaban J connectivity index is 1.98. The SMILES string of the molecule is Cn1nnnc1SCc1ccc(C(=O)NN)s1. The highest BCUT2D eigenvalue weighted by atomic mass is 32.2. The Labute approximate surface area is 105 Å². The van der Waals surface area contributed by atoms with E-state index >= 15 is 0 Å². The fourth-order valence-electron chi connectivity index (χ4n) is 1.13. The molecule has 90 valence electrons. The molecule has 1 amide bonds. The van der Waals surface area contributed by atoms with Crippen molar-refractivity contribution in [3.63, 3.8) is 0 Å². The van der Waals surface area contributed by atoms with Crippen molar-refractivity contribution in [3.8, 4) is 0 Å². The number of aryl methyl sites for hydroxylation is 1. The lowest BCUT2D eigenvalue weighted by atomic mass is 10.4. The fraction of sp³-hybridized carbons (Fsp3) is 0.250. The van der Waals surface area contributed by atoms with Crippen molar-refractivity contribution in [3.05, 3.63) is 21.9 Å². The number of nitrogens with one attached hydrogen (secondary N) is 1. The van der Waals surface area contributed by atoms with E-state index in [9.17, 15) is 4.79 Å². The molecule has 3 N–H and O–H groups in total. The summed E-state index contributed by atoms with van der Waals surface area (Å²) in [7, 11) is 1.78. The molecule has 2 aromatic heterocycles. The molecule has 0 saturated heterocycles. The number of thiophene rings is 1. The number of nitrogens with two attached hydrogens (primary N) is 1. The monoisotopic (exact) mass is 270 g/mol. The number of hydrogen-bond acceptors (Lipinski definition) is 7. The predicted molar refractivity (Wildman–Crippen MR) is 64.3 cm³/mol. The van der Waals surface area contributed by atoms with E-state index in [1.54, 1.807) is 17.8 Å². The maximum atomic E-state index is 11.2. The first-order valence-corrected chi connectivity index (χ1v) is 6.45. The maximum Gasteiger partial charge on any atom is 0.275 e. The van der Waals surface area contributed by atoms with E-state index in [2.05, 4.69) is 21.0 Å². The molecule has 0 radical (unpaired) electrons. The van der Waals surface area contributed by atoms with Gasteiger partial charge in [-0.25, -0.2) is 10.5 Å². The van der Waals surface area contributed by atoms with Crippen molar-refractivity contribution in [2.45, 2.75) is 10.9 Å². The first kappa shape index (κ1) is 12.0. The van der Waals surface area contributed by atoms with Crippen molar-refractivity contribution in [1.82, 2.24) is 25.6 Å². The Morgan fingerprint density at radius 3 is 3.12 bits per heavy atom. The van der Waals surface area contributed by atoms with Crippen LogP contribution >= 0.6 is 23.1 Å². The highest BCUT2D eigenvalue weighted by molar-refractivity contribution is 7.98. The molecule has 0 spiro atoms. The Morgan fingerprint density at radius 1 is 1.65 bits per heavy atom. The van der Waals surface area contributed by atoms with Gasteiger partial charge >= 0.3 is 0 Å². The van der Waals surface area contributed by atoms with Crippen molar-refractivity contribution >= 4 is 29.0 Å². The number of rotatable bonds is 4. The highest BCUT2D eigenvalue weighted by Gasteiger charge is 2.09. The van der Waals surface area contributed by atoms with Crippen LogP contribution in [0.1, 0.15) is 14.5 Å². The van der Waals surface area contributed by atoms with Crippen LogP contribution in [0.25, 0.3) is 0 Å². The molecule has 0 aromatic carbocycles. The average molecular weight is 270 g/mol. The summed E-state index contributed by atoms with van der Waals surface area (Å²) >= 11 is 2.92. The van der Waals surface area contributed by atoms with Crippen LogP contribution in [0.4, 0.5) is 0 Å². The van der Waals surface area contributed by atoms with Crippen LogP contribution in [-0.2, 0) is 12.8 Å². The maximum absolute atomic E-state index is 11.2. The van der Waals surface area contributed by atoms with Gasteiger partial charge in [0, 0.05) is 17.7 Å². The van der Waals surface area contributed by atoms with E-state index in [4.69, 9.17) is 5.84 Å². The molecule has 2 heterocycles. The quantitative estimate of drug-likeness (QED) is 0.355. The van der Waals surface area contributed by atoms with Gasteiger partial charge in [0.25, 0.3) is 5.91 Å². The van der Waals surface area contributed by atoms with E-state index in [1.165, 1.54) is 23.1 Å². The van der Waals surface area contributed by atoms with Crippen molar-refractivity contribution < 1.29 is 4.79 Å². The van der Waals surface area contributed by atoms with Crippen molar-refractivity contribution in [1.29, 1.82) is 0 Å². The summed E-state index contributed by atoms with van der Waals surface area (Å²) in [5.74, 6) is 5.50. The zero-order chi connectivity index (χ0) is 12.3. The van der Waals surface area contributed by atoms with Crippen molar-refractivity contribution in [2.75, 3.05) is 0 Å². The normalized spacial score (nSPS) is 10.5. The third kappa shape index (κ3) is 2.81. The summed E-state index contributed by atoms with van der Waals surface area (Å²) in [6.07, 6.45) is 0. The lowest BCUT2D eigenvalue weighted by molar-refractivity contribution is 0.0957. The van der Waals surface area contributed by atoms with Gasteiger partial charge < -0.3 is 0 Å². The number of hydrazine groups is 1. The molecule has 7 nitrogen and oxygen atoms in total. The van der Waals surface area contributed by atoms with Crippen LogP contribution in [0.15, 0.2) is 17.3 Å². The van der Waals surface area contributed by atoms with E-state index in [0.29, 0.717) is 4.88 Å². The van der Waals surface area contributed by atoms with E-state index < -0.39 is 0 Å². The standard InChI is InChI=1S/C8H10N6OS2/c1-14-8(11-12-13-14)16-4-5-2-3-6(17-5)7(15)10-9/h2-3H,4,9H2,1H3,(H,10,15). The zero-order valence-electron chi connectivity index (χ0n) is 8.95. The second-order valence-electron chi connectivity index (χ2n) is 3.11. The van der Waals surface area contributed by atoms with Crippen LogP contribution in [0.2, 0.25) is 0 Å². The molecule has 2 rings (SSSR count). The van der Waals surface area contributed by atoms with Gasteiger partial charge in [0.15, 0.2) is 0 Å². The van der Waals surface area contributed by atoms with Gasteiger partial charge in [-0.2, -0.15) is 0 Å². The number of amides is 1. The molecule has 0 bridgehead atoms. The third-order valence-corrected chi connectivity index (χ3v) is 4.27. The lowest BCUT2D eigenvalue weighted by Crippen LogP contribution is -2.29. The molecular formula is C8H10N6OS2. The fourth-order valence-corrected chi connectivity index (χ4v) is 2.93. The van der Waals surface area contributed by atoms with Gasteiger partial charge in [0.05, 0.1) is 4.88 Å². The van der Waals surface area contributed by atoms with E-state index in [-0.39, 0.29) is 5.91 Å². The van der Waals surface area contributed by atoms with Crippen LogP contribution < -0.4 is 11.3 Å². The number of hydrogen-bond donors (Lipinski definition) is 2. The van der Waals surface area contributed by atoms with Crippen LogP contribution in [0.3, 0.4) is 0 Å². The molecule has 0 atom stereocenters. The molecular weight excluding hydrogens is 260 g/mol. The van der Waals surface area contributed by atoms with Gasteiger partial charge in [0.1, 0.15) is 0 Å². The predicted octanol–water partition coefficient (Wildman–Crippen LogP) is 0.167. The van der Waals surface area contributed by atoms with Gasteiger partial charge in [-0.1, -0.05) is 11.8 Å². The molecule has 0 unspecified atom stereocenters. The second kappa shape index (κ2) is 5.25. The van der Waals surface area contributed by atoms with Crippen LogP contribution in [0, 0.1) is 0 Å². The average Bonchev–Trinajstić information content (AvgIpc) is 2.94. The zero-order valence-corrected chi connectivity index (χ0v) is 10.6. The summed E-state index contributed by atoms with van der Waals surface area (Å²) in [5, 5.41) is 11.9. The molecule has 17 heavy (non-hydrogen) atoms. The van der Waals surface area contributed by atoms with Gasteiger partial charge in [0.2, 0.25) is 5.16 Å². The van der Waals surface area contributed by atoms with Crippen LogP contribution in [-0.4, -0.2) is 26.1 Å². The Hall–Kier alpha value is -1.45. The Kier molecular flexibility index (Phi) is 3.71. The largest absolute Gasteiger partial charge is 0.289 e. The minimum atomic E-state index is -0.272. The molecule has 9 heteroatoms. The van der Waals surface area contributed by atoms with Crippen molar-refractivity contribution in [2.24, 2.45) is 12.9 Å². The van der Waals surface area contributed by atoms with E-state index in [0.717, 1.165) is 15.8 Å². The molecule has 0 saturated carbocycles. The minimum Gasteiger partial charge on any atom is -0.289 e. The molecule has 0 aliphatic carbocycles. The number of carbonyl (C=O) groups excluding carboxylic acids is 1. The first-order valence-electron chi connectivity index (χ1n) is 4.65. The summed E-state index contributed by atoms with van der Waals surface area (Å²) in [6, 6.07) is 3.64. The summed E-state index contributed by atoms with van der Waals surface area (Å²) in [5.41, 5.74) is 2.10. The minimum absolute atomic E-state index is 0.272. The molecule has 0 fully saturated rings. The summed E-state index contributed by atoms with van der Waals surface area (Å²) in [4.78, 5) is 12.9. The van der Waals surface area contributed by atoms with Gasteiger partial charge in [-0.15, -0.1) is 16.4 Å². The number of tetrazole rings is 1. The number of carbonyl (C=O) groups is 1. The molecule has 2 aromatic rings. The third-order valence-electron chi connectivity index (χ3n) is 1.94. The summed E-state index contributed by atoms with van der Waals surface area (Å²) < 4.78 is 1.60. The first-order chi connectivity index (χ1) is 8.20. The Morgan fingerprint density at radius 2 is 2.47 bits per heavy atom.